The summed E-state index contributed by atoms with van der Waals surface area (Å²) in [4.78, 5) is 18.0. The van der Waals surface area contributed by atoms with Crippen LogP contribution in [0.25, 0.3) is 33.3 Å². The van der Waals surface area contributed by atoms with Gasteiger partial charge < -0.3 is 0 Å². The molecule has 1 aromatic heterocycles. The number of halogens is 1. The highest BCUT2D eigenvalue weighted by Gasteiger charge is 2.32. The van der Waals surface area contributed by atoms with E-state index in [1.165, 1.54) is 0 Å². The second-order valence-corrected chi connectivity index (χ2v) is 6.55. The molecule has 1 heterocycles. The first kappa shape index (κ1) is 14.4. The molecule has 1 aliphatic carbocycles. The predicted molar refractivity (Wildman–Crippen MR) is 101 cm³/mol. The number of carbonyl (C=O) groups excluding carboxylic acids is 1. The second kappa shape index (κ2) is 5.27. The number of hydrogen-bond acceptors (Lipinski definition) is 2. The first-order valence-corrected chi connectivity index (χ1v) is 8.44. The Balaban J connectivity index is 1.98. The molecule has 0 atom stereocenters. The summed E-state index contributed by atoms with van der Waals surface area (Å²) < 4.78 is 0. The van der Waals surface area contributed by atoms with Gasteiger partial charge in [0.2, 0.25) is 0 Å². The Hall–Kier alpha value is -2.97. The van der Waals surface area contributed by atoms with Gasteiger partial charge in [-0.15, -0.1) is 0 Å². The van der Waals surface area contributed by atoms with E-state index in [1.54, 1.807) is 0 Å². The summed E-state index contributed by atoms with van der Waals surface area (Å²) in [7, 11) is 0. The summed E-state index contributed by atoms with van der Waals surface area (Å²) in [5.41, 5.74) is 5.89. The van der Waals surface area contributed by atoms with Gasteiger partial charge in [0.05, 0.1) is 11.2 Å². The van der Waals surface area contributed by atoms with Crippen molar-refractivity contribution in [3.63, 3.8) is 0 Å². The molecule has 0 saturated heterocycles. The number of ketones is 1. The van der Waals surface area contributed by atoms with E-state index in [9.17, 15) is 4.79 Å². The molecule has 3 aromatic carbocycles. The van der Waals surface area contributed by atoms with Gasteiger partial charge in [0, 0.05) is 32.7 Å². The second-order valence-electron chi connectivity index (χ2n) is 6.11. The third kappa shape index (κ3) is 2.04. The monoisotopic (exact) mass is 341 g/mol. The van der Waals surface area contributed by atoms with Crippen molar-refractivity contribution in [2.75, 3.05) is 0 Å². The maximum Gasteiger partial charge on any atom is 0.195 e. The van der Waals surface area contributed by atoms with Crippen LogP contribution in [0.5, 0.6) is 0 Å². The molecule has 0 fully saturated rings. The van der Waals surface area contributed by atoms with E-state index >= 15 is 0 Å². The molecular formula is C22H12ClNO. The van der Waals surface area contributed by atoms with Crippen LogP contribution in [-0.4, -0.2) is 10.8 Å². The third-order valence-electron chi connectivity index (χ3n) is 4.66. The van der Waals surface area contributed by atoms with E-state index in [1.807, 2.05) is 72.8 Å². The maximum atomic E-state index is 13.1. The predicted octanol–water partition coefficient (Wildman–Crippen LogP) is 5.77. The summed E-state index contributed by atoms with van der Waals surface area (Å²) in [5.74, 6) is 0.0393. The van der Waals surface area contributed by atoms with Gasteiger partial charge in [-0.3, -0.25) is 4.79 Å². The normalized spacial score (nSPS) is 12.3. The van der Waals surface area contributed by atoms with E-state index < -0.39 is 0 Å². The average molecular weight is 342 g/mol. The number of fused-ring (bicyclic) bond motifs is 5. The van der Waals surface area contributed by atoms with Gasteiger partial charge in [-0.25, -0.2) is 4.98 Å². The van der Waals surface area contributed by atoms with E-state index in [0.29, 0.717) is 10.6 Å². The molecule has 2 nitrogen and oxygen atoms in total. The van der Waals surface area contributed by atoms with Crippen LogP contribution in [0.4, 0.5) is 0 Å². The number of benzene rings is 3. The number of hydrogen-bond donors (Lipinski definition) is 0. The van der Waals surface area contributed by atoms with Gasteiger partial charge in [0.15, 0.2) is 5.78 Å². The Morgan fingerprint density at radius 2 is 1.48 bits per heavy atom. The summed E-state index contributed by atoms with van der Waals surface area (Å²) in [6.07, 6.45) is 0. The molecule has 0 amide bonds. The van der Waals surface area contributed by atoms with Crippen molar-refractivity contribution in [2.24, 2.45) is 0 Å². The average Bonchev–Trinajstić information content (AvgIpc) is 2.96. The first-order chi connectivity index (χ1) is 12.2. The molecule has 0 saturated carbocycles. The molecule has 25 heavy (non-hydrogen) atoms. The van der Waals surface area contributed by atoms with Crippen molar-refractivity contribution in [1.82, 2.24) is 4.98 Å². The van der Waals surface area contributed by atoms with Crippen molar-refractivity contribution in [2.45, 2.75) is 0 Å². The van der Waals surface area contributed by atoms with Gasteiger partial charge in [0.1, 0.15) is 0 Å². The minimum absolute atomic E-state index is 0.0393. The van der Waals surface area contributed by atoms with Crippen molar-refractivity contribution in [3.05, 3.63) is 88.9 Å². The molecule has 0 radical (unpaired) electrons. The van der Waals surface area contributed by atoms with E-state index in [-0.39, 0.29) is 5.78 Å². The molecule has 1 aliphatic rings. The highest BCUT2D eigenvalue weighted by Crippen LogP contribution is 2.45. The summed E-state index contributed by atoms with van der Waals surface area (Å²) >= 11 is 6.20. The lowest BCUT2D eigenvalue weighted by atomic mass is 9.96. The zero-order chi connectivity index (χ0) is 17.0. The molecule has 0 unspecified atom stereocenters. The van der Waals surface area contributed by atoms with Crippen LogP contribution in [-0.2, 0) is 0 Å². The lowest BCUT2D eigenvalue weighted by molar-refractivity contribution is 0.104. The van der Waals surface area contributed by atoms with Gasteiger partial charge in [-0.1, -0.05) is 66.2 Å². The van der Waals surface area contributed by atoms with Crippen LogP contribution < -0.4 is 0 Å². The lowest BCUT2D eigenvalue weighted by Gasteiger charge is -2.12. The Kier molecular flexibility index (Phi) is 3.03. The number of aromatic nitrogens is 1. The van der Waals surface area contributed by atoms with Crippen LogP contribution in [0, 0.1) is 0 Å². The molecule has 0 N–H and O–H groups in total. The van der Waals surface area contributed by atoms with Crippen LogP contribution in [0.2, 0.25) is 5.02 Å². The van der Waals surface area contributed by atoms with Crippen molar-refractivity contribution < 1.29 is 4.79 Å². The van der Waals surface area contributed by atoms with E-state index in [0.717, 1.165) is 38.9 Å². The molecule has 118 valence electrons. The fourth-order valence-corrected chi connectivity index (χ4v) is 3.74. The molecular weight excluding hydrogens is 330 g/mol. The molecule has 5 rings (SSSR count). The molecule has 0 bridgehead atoms. The van der Waals surface area contributed by atoms with Crippen LogP contribution in [0.15, 0.2) is 72.8 Å². The lowest BCUT2D eigenvalue weighted by Crippen LogP contribution is -1.99. The van der Waals surface area contributed by atoms with Crippen LogP contribution in [0.1, 0.15) is 15.9 Å². The minimum atomic E-state index is 0.0393. The Morgan fingerprint density at radius 1 is 0.760 bits per heavy atom. The zero-order valence-electron chi connectivity index (χ0n) is 13.2. The zero-order valence-corrected chi connectivity index (χ0v) is 13.9. The van der Waals surface area contributed by atoms with Gasteiger partial charge in [-0.2, -0.15) is 0 Å². The standard InChI is InChI=1S/C22H12ClNO/c23-14-10-11-18-17(12-14)20-19(15-8-4-5-9-16(15)22(20)25)21(24-18)13-6-2-1-3-7-13/h1-12H. The molecule has 3 heteroatoms. The summed E-state index contributed by atoms with van der Waals surface area (Å²) in [6, 6.07) is 23.2. The smallest absolute Gasteiger partial charge is 0.195 e. The fraction of sp³-hybridized carbons (Fsp3) is 0. The van der Waals surface area contributed by atoms with Crippen LogP contribution >= 0.6 is 11.6 Å². The highest BCUT2D eigenvalue weighted by molar-refractivity contribution is 6.33. The van der Waals surface area contributed by atoms with Gasteiger partial charge in [-0.05, 0) is 23.8 Å². The Bertz CT molecular complexity index is 1170. The van der Waals surface area contributed by atoms with Crippen molar-refractivity contribution in [3.8, 4) is 22.4 Å². The van der Waals surface area contributed by atoms with Crippen molar-refractivity contribution in [1.29, 1.82) is 0 Å². The number of carbonyl (C=O) groups is 1. The van der Waals surface area contributed by atoms with Crippen molar-refractivity contribution >= 4 is 28.3 Å². The Labute approximate surface area is 149 Å². The third-order valence-corrected chi connectivity index (χ3v) is 4.90. The minimum Gasteiger partial charge on any atom is -0.289 e. The molecule has 0 aliphatic heterocycles. The summed E-state index contributed by atoms with van der Waals surface area (Å²) in [5, 5.41) is 1.41. The highest BCUT2D eigenvalue weighted by atomic mass is 35.5. The first-order valence-electron chi connectivity index (χ1n) is 8.07. The maximum absolute atomic E-state index is 13.1. The largest absolute Gasteiger partial charge is 0.289 e. The van der Waals surface area contributed by atoms with Gasteiger partial charge >= 0.3 is 0 Å². The topological polar surface area (TPSA) is 30.0 Å². The van der Waals surface area contributed by atoms with E-state index in [2.05, 4.69) is 0 Å². The number of nitrogens with zero attached hydrogens (tertiary/aromatic N) is 1. The quantitative estimate of drug-likeness (QED) is 0.387. The number of rotatable bonds is 1. The molecule has 4 aromatic rings. The Morgan fingerprint density at radius 3 is 2.28 bits per heavy atom. The molecule has 0 spiro atoms. The van der Waals surface area contributed by atoms with Crippen LogP contribution in [0.3, 0.4) is 0 Å². The number of pyridine rings is 1. The fourth-order valence-electron chi connectivity index (χ4n) is 3.57. The van der Waals surface area contributed by atoms with Gasteiger partial charge in [0.25, 0.3) is 0 Å². The van der Waals surface area contributed by atoms with E-state index in [4.69, 9.17) is 16.6 Å². The SMILES string of the molecule is O=C1c2ccccc2-c2c(-c3ccccc3)nc3ccc(Cl)cc3c21. The summed E-state index contributed by atoms with van der Waals surface area (Å²) in [6.45, 7) is 0.